The van der Waals surface area contributed by atoms with Crippen LogP contribution < -0.4 is 5.73 Å². The van der Waals surface area contributed by atoms with Gasteiger partial charge in [-0.1, -0.05) is 12.1 Å². The van der Waals surface area contributed by atoms with Crippen molar-refractivity contribution in [2.75, 3.05) is 12.3 Å². The van der Waals surface area contributed by atoms with Crippen molar-refractivity contribution in [1.29, 1.82) is 0 Å². The van der Waals surface area contributed by atoms with Crippen LogP contribution in [0.15, 0.2) is 46.9 Å². The fourth-order valence-corrected chi connectivity index (χ4v) is 2.49. The van der Waals surface area contributed by atoms with Crippen LogP contribution in [-0.4, -0.2) is 17.4 Å². The van der Waals surface area contributed by atoms with Crippen LogP contribution in [0.25, 0.3) is 0 Å². The van der Waals surface area contributed by atoms with Crippen molar-refractivity contribution in [3.8, 4) is 0 Å². The molecule has 5 heteroatoms. The second-order valence-corrected chi connectivity index (χ2v) is 5.54. The molecular formula is C16H16BrFN2O. The molecule has 0 spiro atoms. The predicted octanol–water partition coefficient (Wildman–Crippen LogP) is 3.83. The zero-order valence-corrected chi connectivity index (χ0v) is 13.2. The number of nitrogen functional groups attached to an aromatic ring is 1. The average Bonchev–Trinajstić information content (AvgIpc) is 2.46. The number of rotatable bonds is 4. The van der Waals surface area contributed by atoms with Crippen molar-refractivity contribution in [2.24, 2.45) is 0 Å². The van der Waals surface area contributed by atoms with E-state index in [4.69, 9.17) is 5.73 Å². The van der Waals surface area contributed by atoms with Crippen molar-refractivity contribution in [3.63, 3.8) is 0 Å². The first-order chi connectivity index (χ1) is 10.0. The zero-order valence-electron chi connectivity index (χ0n) is 11.6. The molecule has 0 saturated heterocycles. The Morgan fingerprint density at radius 1 is 1.29 bits per heavy atom. The van der Waals surface area contributed by atoms with Crippen LogP contribution >= 0.6 is 15.9 Å². The highest BCUT2D eigenvalue weighted by Crippen LogP contribution is 2.21. The molecule has 0 aliphatic heterocycles. The van der Waals surface area contributed by atoms with E-state index in [2.05, 4.69) is 15.9 Å². The number of nitrogens with zero attached hydrogens (tertiary/aromatic N) is 1. The van der Waals surface area contributed by atoms with Crippen molar-refractivity contribution in [3.05, 3.63) is 63.9 Å². The summed E-state index contributed by atoms with van der Waals surface area (Å²) >= 11 is 3.29. The number of carbonyl (C=O) groups excluding carboxylic acids is 1. The van der Waals surface area contributed by atoms with E-state index in [1.165, 1.54) is 18.2 Å². The normalized spacial score (nSPS) is 10.4. The van der Waals surface area contributed by atoms with Gasteiger partial charge < -0.3 is 10.6 Å². The van der Waals surface area contributed by atoms with Crippen LogP contribution in [0.5, 0.6) is 0 Å². The van der Waals surface area contributed by atoms with Crippen LogP contribution in [0.4, 0.5) is 10.1 Å². The first kappa shape index (κ1) is 15.5. The molecule has 2 aromatic carbocycles. The summed E-state index contributed by atoms with van der Waals surface area (Å²) in [5.74, 6) is -0.646. The predicted molar refractivity (Wildman–Crippen MR) is 85.4 cm³/mol. The Bertz CT molecular complexity index is 660. The standard InChI is InChI=1S/C16H16BrFN2O/c1-2-20(10-11-4-3-5-13(19)8-11)16(21)14-9-12(18)6-7-15(14)17/h3-9H,2,10,19H2,1H3. The third-order valence-electron chi connectivity index (χ3n) is 3.15. The largest absolute Gasteiger partial charge is 0.399 e. The van der Waals surface area contributed by atoms with Gasteiger partial charge >= 0.3 is 0 Å². The molecule has 21 heavy (non-hydrogen) atoms. The number of hydrogen-bond acceptors (Lipinski definition) is 2. The number of hydrogen-bond donors (Lipinski definition) is 1. The molecule has 2 N–H and O–H groups in total. The number of anilines is 1. The molecule has 0 aliphatic rings. The number of benzene rings is 2. The molecule has 0 heterocycles. The van der Waals surface area contributed by atoms with Gasteiger partial charge in [-0.15, -0.1) is 0 Å². The molecule has 0 aliphatic carbocycles. The summed E-state index contributed by atoms with van der Waals surface area (Å²) in [6.07, 6.45) is 0. The van der Waals surface area contributed by atoms with E-state index < -0.39 is 5.82 Å². The van der Waals surface area contributed by atoms with Gasteiger partial charge in [-0.2, -0.15) is 0 Å². The van der Waals surface area contributed by atoms with Gasteiger partial charge in [0.2, 0.25) is 0 Å². The van der Waals surface area contributed by atoms with E-state index in [1.54, 1.807) is 11.0 Å². The third-order valence-corrected chi connectivity index (χ3v) is 3.84. The number of carbonyl (C=O) groups is 1. The highest BCUT2D eigenvalue weighted by Gasteiger charge is 2.18. The highest BCUT2D eigenvalue weighted by molar-refractivity contribution is 9.10. The Hall–Kier alpha value is -1.88. The van der Waals surface area contributed by atoms with Gasteiger partial charge in [-0.25, -0.2) is 4.39 Å². The summed E-state index contributed by atoms with van der Waals surface area (Å²) < 4.78 is 13.9. The number of nitrogens with two attached hydrogens (primary N) is 1. The summed E-state index contributed by atoms with van der Waals surface area (Å²) in [5, 5.41) is 0. The Balaban J connectivity index is 2.24. The molecule has 1 amide bonds. The topological polar surface area (TPSA) is 46.3 Å². The van der Waals surface area contributed by atoms with Gasteiger partial charge in [0.05, 0.1) is 5.56 Å². The van der Waals surface area contributed by atoms with Crippen LogP contribution in [-0.2, 0) is 6.54 Å². The molecule has 0 aromatic heterocycles. The molecule has 0 unspecified atom stereocenters. The summed E-state index contributed by atoms with van der Waals surface area (Å²) in [6.45, 7) is 2.84. The monoisotopic (exact) mass is 350 g/mol. The van der Waals surface area contributed by atoms with Crippen molar-refractivity contribution >= 4 is 27.5 Å². The van der Waals surface area contributed by atoms with Gasteiger partial charge in [-0.05, 0) is 58.7 Å². The van der Waals surface area contributed by atoms with E-state index in [9.17, 15) is 9.18 Å². The Kier molecular flexibility index (Phi) is 4.96. The second kappa shape index (κ2) is 6.72. The summed E-state index contributed by atoms with van der Waals surface area (Å²) in [5.41, 5.74) is 7.66. The molecule has 3 nitrogen and oxygen atoms in total. The first-order valence-electron chi connectivity index (χ1n) is 6.60. The maximum atomic E-state index is 13.3. The minimum Gasteiger partial charge on any atom is -0.399 e. The lowest BCUT2D eigenvalue weighted by atomic mass is 10.1. The van der Waals surface area contributed by atoms with E-state index in [0.717, 1.165) is 5.56 Å². The quantitative estimate of drug-likeness (QED) is 0.851. The Labute approximate surface area is 131 Å². The van der Waals surface area contributed by atoms with E-state index in [-0.39, 0.29) is 5.91 Å². The van der Waals surface area contributed by atoms with Crippen molar-refractivity contribution in [2.45, 2.75) is 13.5 Å². The second-order valence-electron chi connectivity index (χ2n) is 4.69. The molecule has 0 bridgehead atoms. The number of amides is 1. The SMILES string of the molecule is CCN(Cc1cccc(N)c1)C(=O)c1cc(F)ccc1Br. The third kappa shape index (κ3) is 3.82. The maximum absolute atomic E-state index is 13.3. The van der Waals surface area contributed by atoms with Gasteiger partial charge in [0, 0.05) is 23.2 Å². The Morgan fingerprint density at radius 2 is 2.05 bits per heavy atom. The lowest BCUT2D eigenvalue weighted by molar-refractivity contribution is 0.0751. The zero-order chi connectivity index (χ0) is 15.4. The van der Waals surface area contributed by atoms with Crippen LogP contribution in [0, 0.1) is 5.82 Å². The lowest BCUT2D eigenvalue weighted by Crippen LogP contribution is -2.30. The molecule has 110 valence electrons. The average molecular weight is 351 g/mol. The molecule has 0 fully saturated rings. The summed E-state index contributed by atoms with van der Waals surface area (Å²) in [7, 11) is 0. The molecular weight excluding hydrogens is 335 g/mol. The smallest absolute Gasteiger partial charge is 0.255 e. The highest BCUT2D eigenvalue weighted by atomic mass is 79.9. The van der Waals surface area contributed by atoms with E-state index in [1.807, 2.05) is 25.1 Å². The van der Waals surface area contributed by atoms with Gasteiger partial charge in [0.1, 0.15) is 5.82 Å². The number of halogens is 2. The fraction of sp³-hybridized carbons (Fsp3) is 0.188. The minimum atomic E-state index is -0.429. The van der Waals surface area contributed by atoms with Crippen LogP contribution in [0.1, 0.15) is 22.8 Å². The maximum Gasteiger partial charge on any atom is 0.255 e. The van der Waals surface area contributed by atoms with Crippen molar-refractivity contribution < 1.29 is 9.18 Å². The van der Waals surface area contributed by atoms with E-state index >= 15 is 0 Å². The Morgan fingerprint density at radius 3 is 2.71 bits per heavy atom. The van der Waals surface area contributed by atoms with Crippen LogP contribution in [0.2, 0.25) is 0 Å². The molecule has 2 rings (SSSR count). The van der Waals surface area contributed by atoms with E-state index in [0.29, 0.717) is 28.8 Å². The fourth-order valence-electron chi connectivity index (χ4n) is 2.07. The van der Waals surface area contributed by atoms with Gasteiger partial charge in [-0.3, -0.25) is 4.79 Å². The molecule has 0 atom stereocenters. The minimum absolute atomic E-state index is 0.216. The van der Waals surface area contributed by atoms with Crippen molar-refractivity contribution in [1.82, 2.24) is 4.90 Å². The molecule has 2 aromatic rings. The first-order valence-corrected chi connectivity index (χ1v) is 7.39. The summed E-state index contributed by atoms with van der Waals surface area (Å²) in [6, 6.07) is 11.5. The molecule has 0 saturated carbocycles. The van der Waals surface area contributed by atoms with Gasteiger partial charge in [0.15, 0.2) is 0 Å². The van der Waals surface area contributed by atoms with Crippen LogP contribution in [0.3, 0.4) is 0 Å². The molecule has 0 radical (unpaired) electrons. The summed E-state index contributed by atoms with van der Waals surface area (Å²) in [4.78, 5) is 14.2. The lowest BCUT2D eigenvalue weighted by Gasteiger charge is -2.22. The van der Waals surface area contributed by atoms with Gasteiger partial charge in [0.25, 0.3) is 5.91 Å².